The Morgan fingerprint density at radius 3 is 2.67 bits per heavy atom. The molecule has 0 fully saturated rings. The Morgan fingerprint density at radius 1 is 1.28 bits per heavy atom. The molecule has 0 bridgehead atoms. The summed E-state index contributed by atoms with van der Waals surface area (Å²) in [5.41, 5.74) is 0.948. The number of carbonyl (C=O) groups is 1. The highest BCUT2D eigenvalue weighted by molar-refractivity contribution is 5.80. The molecule has 0 atom stereocenters. The van der Waals surface area contributed by atoms with Crippen molar-refractivity contribution in [3.8, 4) is 0 Å². The minimum atomic E-state index is -0.0213. The summed E-state index contributed by atoms with van der Waals surface area (Å²) >= 11 is 0. The first-order valence-electron chi connectivity index (χ1n) is 6.32. The number of amides is 1. The maximum absolute atomic E-state index is 11.5. The molecule has 0 radical (unpaired) electrons. The summed E-state index contributed by atoms with van der Waals surface area (Å²) in [5, 5.41) is 5.85. The van der Waals surface area contributed by atoms with Crippen LogP contribution in [-0.2, 0) is 9.53 Å². The number of anilines is 1. The molecule has 0 saturated carbocycles. The van der Waals surface area contributed by atoms with Crippen molar-refractivity contribution in [3.63, 3.8) is 0 Å². The first-order chi connectivity index (χ1) is 8.68. The topological polar surface area (TPSA) is 50.4 Å². The van der Waals surface area contributed by atoms with E-state index >= 15 is 0 Å². The number of para-hydroxylation sites is 1. The van der Waals surface area contributed by atoms with E-state index in [1.807, 2.05) is 30.3 Å². The van der Waals surface area contributed by atoms with Crippen LogP contribution in [0.5, 0.6) is 0 Å². The van der Waals surface area contributed by atoms with Gasteiger partial charge in [0.2, 0.25) is 5.91 Å². The highest BCUT2D eigenvalue weighted by atomic mass is 16.5. The van der Waals surface area contributed by atoms with E-state index in [4.69, 9.17) is 4.74 Å². The SMILES string of the molecule is CC(C)COCCNC(=O)CNc1ccccc1. The van der Waals surface area contributed by atoms with Crippen LogP contribution in [0.4, 0.5) is 5.69 Å². The van der Waals surface area contributed by atoms with Gasteiger partial charge in [-0.25, -0.2) is 0 Å². The van der Waals surface area contributed by atoms with E-state index in [9.17, 15) is 4.79 Å². The first-order valence-corrected chi connectivity index (χ1v) is 6.32. The fourth-order valence-corrected chi connectivity index (χ4v) is 1.38. The van der Waals surface area contributed by atoms with Gasteiger partial charge in [-0.2, -0.15) is 0 Å². The van der Waals surface area contributed by atoms with Gasteiger partial charge in [-0.3, -0.25) is 4.79 Å². The monoisotopic (exact) mass is 250 g/mol. The summed E-state index contributed by atoms with van der Waals surface area (Å²) in [6, 6.07) is 9.66. The molecule has 0 aromatic heterocycles. The zero-order valence-corrected chi connectivity index (χ0v) is 11.1. The zero-order chi connectivity index (χ0) is 13.2. The lowest BCUT2D eigenvalue weighted by molar-refractivity contribution is -0.119. The molecule has 0 unspecified atom stereocenters. The molecule has 0 aliphatic carbocycles. The molecular formula is C14H22N2O2. The van der Waals surface area contributed by atoms with Crippen molar-refractivity contribution >= 4 is 11.6 Å². The highest BCUT2D eigenvalue weighted by Crippen LogP contribution is 2.03. The minimum absolute atomic E-state index is 0.0213. The number of carbonyl (C=O) groups excluding carboxylic acids is 1. The van der Waals surface area contributed by atoms with Crippen molar-refractivity contribution < 1.29 is 9.53 Å². The van der Waals surface area contributed by atoms with Crippen molar-refractivity contribution in [1.29, 1.82) is 0 Å². The van der Waals surface area contributed by atoms with Gasteiger partial charge in [0.15, 0.2) is 0 Å². The third kappa shape index (κ3) is 6.91. The van der Waals surface area contributed by atoms with Crippen molar-refractivity contribution in [1.82, 2.24) is 5.32 Å². The van der Waals surface area contributed by atoms with E-state index in [1.54, 1.807) is 0 Å². The number of nitrogens with one attached hydrogen (secondary N) is 2. The standard InChI is InChI=1S/C14H22N2O2/c1-12(2)11-18-9-8-15-14(17)10-16-13-6-4-3-5-7-13/h3-7,12,16H,8-11H2,1-2H3,(H,15,17). The fraction of sp³-hybridized carbons (Fsp3) is 0.500. The van der Waals surface area contributed by atoms with Gasteiger partial charge in [-0.05, 0) is 18.1 Å². The Balaban J connectivity index is 2.04. The van der Waals surface area contributed by atoms with Gasteiger partial charge in [0, 0.05) is 18.8 Å². The average Bonchev–Trinajstić information content (AvgIpc) is 2.37. The predicted molar refractivity (Wildman–Crippen MR) is 73.6 cm³/mol. The van der Waals surface area contributed by atoms with Crippen LogP contribution in [0, 0.1) is 5.92 Å². The molecule has 0 aliphatic rings. The molecule has 0 spiro atoms. The minimum Gasteiger partial charge on any atom is -0.379 e. The maximum Gasteiger partial charge on any atom is 0.239 e. The Hall–Kier alpha value is -1.55. The van der Waals surface area contributed by atoms with Gasteiger partial charge < -0.3 is 15.4 Å². The van der Waals surface area contributed by atoms with E-state index in [0.717, 1.165) is 12.3 Å². The van der Waals surface area contributed by atoms with Gasteiger partial charge in [0.1, 0.15) is 0 Å². The molecule has 4 nitrogen and oxygen atoms in total. The Bertz CT molecular complexity index is 339. The molecule has 100 valence electrons. The second-order valence-corrected chi connectivity index (χ2v) is 4.54. The molecule has 1 aromatic carbocycles. The average molecular weight is 250 g/mol. The lowest BCUT2D eigenvalue weighted by Crippen LogP contribution is -2.32. The van der Waals surface area contributed by atoms with Gasteiger partial charge in [-0.1, -0.05) is 32.0 Å². The van der Waals surface area contributed by atoms with Gasteiger partial charge in [-0.15, -0.1) is 0 Å². The van der Waals surface area contributed by atoms with E-state index in [1.165, 1.54) is 0 Å². The molecule has 0 heterocycles. The number of hydrogen-bond acceptors (Lipinski definition) is 3. The predicted octanol–water partition coefficient (Wildman–Crippen LogP) is 1.89. The fourth-order valence-electron chi connectivity index (χ4n) is 1.38. The molecule has 1 aromatic rings. The molecule has 0 aliphatic heterocycles. The second-order valence-electron chi connectivity index (χ2n) is 4.54. The van der Waals surface area contributed by atoms with Crippen LogP contribution in [0.15, 0.2) is 30.3 Å². The largest absolute Gasteiger partial charge is 0.379 e. The smallest absolute Gasteiger partial charge is 0.239 e. The third-order valence-electron chi connectivity index (χ3n) is 2.25. The van der Waals surface area contributed by atoms with Crippen molar-refractivity contribution in [3.05, 3.63) is 30.3 Å². The van der Waals surface area contributed by atoms with Crippen LogP contribution in [0.1, 0.15) is 13.8 Å². The number of rotatable bonds is 8. The Kier molecular flexibility index (Phi) is 6.87. The third-order valence-corrected chi connectivity index (χ3v) is 2.25. The molecular weight excluding hydrogens is 228 g/mol. The van der Waals surface area contributed by atoms with Crippen molar-refractivity contribution in [2.75, 3.05) is 31.6 Å². The van der Waals surface area contributed by atoms with Crippen LogP contribution >= 0.6 is 0 Å². The van der Waals surface area contributed by atoms with Crippen LogP contribution in [-0.4, -0.2) is 32.2 Å². The summed E-state index contributed by atoms with van der Waals surface area (Å²) in [6.07, 6.45) is 0. The Labute approximate surface area is 109 Å². The van der Waals surface area contributed by atoms with E-state index in [-0.39, 0.29) is 12.5 Å². The quantitative estimate of drug-likeness (QED) is 0.693. The molecule has 18 heavy (non-hydrogen) atoms. The van der Waals surface area contributed by atoms with E-state index in [2.05, 4.69) is 24.5 Å². The summed E-state index contributed by atoms with van der Waals surface area (Å²) in [6.45, 7) is 6.34. The normalized spacial score (nSPS) is 10.4. The highest BCUT2D eigenvalue weighted by Gasteiger charge is 2.00. The summed E-state index contributed by atoms with van der Waals surface area (Å²) < 4.78 is 5.37. The molecule has 1 amide bonds. The second kappa shape index (κ2) is 8.53. The van der Waals surface area contributed by atoms with Crippen LogP contribution in [0.2, 0.25) is 0 Å². The molecule has 4 heteroatoms. The number of benzene rings is 1. The number of ether oxygens (including phenoxy) is 1. The summed E-state index contributed by atoms with van der Waals surface area (Å²) in [4.78, 5) is 11.5. The van der Waals surface area contributed by atoms with Gasteiger partial charge >= 0.3 is 0 Å². The molecule has 2 N–H and O–H groups in total. The lowest BCUT2D eigenvalue weighted by atomic mass is 10.2. The number of hydrogen-bond donors (Lipinski definition) is 2. The van der Waals surface area contributed by atoms with Gasteiger partial charge in [0.05, 0.1) is 13.2 Å². The van der Waals surface area contributed by atoms with Crippen LogP contribution in [0.25, 0.3) is 0 Å². The summed E-state index contributed by atoms with van der Waals surface area (Å²) in [5.74, 6) is 0.507. The molecule has 0 saturated heterocycles. The van der Waals surface area contributed by atoms with Crippen molar-refractivity contribution in [2.45, 2.75) is 13.8 Å². The summed E-state index contributed by atoms with van der Waals surface area (Å²) in [7, 11) is 0. The molecule has 1 rings (SSSR count). The van der Waals surface area contributed by atoms with Crippen LogP contribution < -0.4 is 10.6 Å². The van der Waals surface area contributed by atoms with E-state index < -0.39 is 0 Å². The maximum atomic E-state index is 11.5. The van der Waals surface area contributed by atoms with Gasteiger partial charge in [0.25, 0.3) is 0 Å². The lowest BCUT2D eigenvalue weighted by Gasteiger charge is -2.09. The first kappa shape index (κ1) is 14.5. The van der Waals surface area contributed by atoms with Crippen molar-refractivity contribution in [2.24, 2.45) is 5.92 Å². The zero-order valence-electron chi connectivity index (χ0n) is 11.1. The van der Waals surface area contributed by atoms with Crippen LogP contribution in [0.3, 0.4) is 0 Å². The Morgan fingerprint density at radius 2 is 2.00 bits per heavy atom. The van der Waals surface area contributed by atoms with E-state index in [0.29, 0.717) is 19.1 Å².